The number of terminal acetylenes is 1. The third-order valence-corrected chi connectivity index (χ3v) is 2.62. The molecule has 1 aromatic rings. The van der Waals surface area contributed by atoms with E-state index in [9.17, 15) is 14.4 Å². The summed E-state index contributed by atoms with van der Waals surface area (Å²) in [6.45, 7) is 0.961. The van der Waals surface area contributed by atoms with Crippen molar-refractivity contribution < 1.29 is 19.5 Å². The van der Waals surface area contributed by atoms with Crippen LogP contribution < -0.4 is 5.32 Å². The van der Waals surface area contributed by atoms with Gasteiger partial charge in [0, 0.05) is 5.56 Å². The van der Waals surface area contributed by atoms with Gasteiger partial charge in [0.1, 0.15) is 0 Å². The van der Waals surface area contributed by atoms with Gasteiger partial charge in [0.2, 0.25) is 5.91 Å². The van der Waals surface area contributed by atoms with Crippen LogP contribution in [-0.4, -0.2) is 47.3 Å². The number of carboxylic acids is 1. The second kappa shape index (κ2) is 7.82. The number of nitrogens with zero attached hydrogens (tertiary/aromatic N) is 1. The van der Waals surface area contributed by atoms with E-state index in [1.165, 1.54) is 11.8 Å². The molecular formula is C15H16N2O4. The van der Waals surface area contributed by atoms with E-state index in [-0.39, 0.29) is 25.4 Å². The molecule has 21 heavy (non-hydrogen) atoms. The molecule has 0 fully saturated rings. The lowest BCUT2D eigenvalue weighted by Gasteiger charge is -2.17. The molecular weight excluding hydrogens is 272 g/mol. The number of carbonyl (C=O) groups is 3. The summed E-state index contributed by atoms with van der Waals surface area (Å²) in [5.41, 5.74) is 0.790. The van der Waals surface area contributed by atoms with E-state index in [0.717, 1.165) is 0 Å². The second-order valence-corrected chi connectivity index (χ2v) is 4.39. The van der Waals surface area contributed by atoms with E-state index in [1.54, 1.807) is 24.3 Å². The number of hydrogen-bond acceptors (Lipinski definition) is 4. The van der Waals surface area contributed by atoms with Crippen molar-refractivity contribution in [2.75, 3.05) is 25.0 Å². The van der Waals surface area contributed by atoms with Gasteiger partial charge in [-0.1, -0.05) is 18.1 Å². The molecule has 6 heteroatoms. The smallest absolute Gasteiger partial charge is 0.317 e. The molecule has 1 rings (SSSR count). The molecule has 0 spiro atoms. The van der Waals surface area contributed by atoms with Crippen LogP contribution >= 0.6 is 0 Å². The maximum atomic E-state index is 11.9. The largest absolute Gasteiger partial charge is 0.480 e. The van der Waals surface area contributed by atoms with Crippen LogP contribution in [0, 0.1) is 12.3 Å². The van der Waals surface area contributed by atoms with Crippen LogP contribution in [0.4, 0.5) is 5.69 Å². The lowest BCUT2D eigenvalue weighted by Crippen LogP contribution is -2.37. The minimum atomic E-state index is -1.07. The highest BCUT2D eigenvalue weighted by molar-refractivity contribution is 6.04. The lowest BCUT2D eigenvalue weighted by molar-refractivity contribution is -0.138. The zero-order chi connectivity index (χ0) is 15.8. The van der Waals surface area contributed by atoms with Gasteiger partial charge in [-0.25, -0.2) is 0 Å². The van der Waals surface area contributed by atoms with Gasteiger partial charge in [0.05, 0.1) is 25.3 Å². The van der Waals surface area contributed by atoms with Crippen molar-refractivity contribution in [1.29, 1.82) is 0 Å². The Morgan fingerprint density at radius 3 is 2.52 bits per heavy atom. The molecule has 0 heterocycles. The number of benzene rings is 1. The number of carboxylic acid groups (broad SMARTS) is 1. The van der Waals surface area contributed by atoms with Crippen LogP contribution in [0.25, 0.3) is 0 Å². The number of ketones is 1. The number of hydrogen-bond donors (Lipinski definition) is 2. The van der Waals surface area contributed by atoms with E-state index < -0.39 is 11.9 Å². The first kappa shape index (κ1) is 16.4. The topological polar surface area (TPSA) is 86.7 Å². The molecule has 0 atom stereocenters. The zero-order valence-electron chi connectivity index (χ0n) is 11.6. The Morgan fingerprint density at radius 1 is 1.29 bits per heavy atom. The predicted octanol–water partition coefficient (Wildman–Crippen LogP) is 0.847. The van der Waals surface area contributed by atoms with Crippen molar-refractivity contribution >= 4 is 23.3 Å². The summed E-state index contributed by atoms with van der Waals surface area (Å²) in [6, 6.07) is 6.60. The molecule has 2 N–H and O–H groups in total. The van der Waals surface area contributed by atoms with E-state index in [0.29, 0.717) is 11.3 Å². The molecule has 1 aromatic carbocycles. The van der Waals surface area contributed by atoms with Gasteiger partial charge in [0.25, 0.3) is 0 Å². The number of carbonyl (C=O) groups excluding carboxylic acids is 2. The Balaban J connectivity index is 2.75. The Hall–Kier alpha value is -2.65. The van der Waals surface area contributed by atoms with Crippen LogP contribution in [0.2, 0.25) is 0 Å². The third-order valence-electron chi connectivity index (χ3n) is 2.62. The van der Waals surface area contributed by atoms with Gasteiger partial charge < -0.3 is 10.4 Å². The highest BCUT2D eigenvalue weighted by Gasteiger charge is 2.15. The first-order chi connectivity index (χ1) is 9.93. The number of anilines is 1. The molecule has 0 aliphatic heterocycles. The summed E-state index contributed by atoms with van der Waals surface area (Å²) >= 11 is 0. The summed E-state index contributed by atoms with van der Waals surface area (Å²) in [5.74, 6) is 0.633. The molecule has 0 aliphatic rings. The van der Waals surface area contributed by atoms with Crippen LogP contribution in [-0.2, 0) is 9.59 Å². The fourth-order valence-corrected chi connectivity index (χ4v) is 1.78. The quantitative estimate of drug-likeness (QED) is 0.573. The number of amides is 1. The maximum Gasteiger partial charge on any atom is 0.317 e. The monoisotopic (exact) mass is 288 g/mol. The highest BCUT2D eigenvalue weighted by atomic mass is 16.4. The normalized spacial score (nSPS) is 9.95. The predicted molar refractivity (Wildman–Crippen MR) is 78.0 cm³/mol. The standard InChI is InChI=1S/C15H16N2O4/c1-3-8-17(10-15(20)21)9-14(19)16-13-7-5-4-6-12(13)11(2)18/h1,4-7H,8-10H2,2H3,(H,16,19)(H,20,21). The van der Waals surface area contributed by atoms with Crippen molar-refractivity contribution in [3.63, 3.8) is 0 Å². The van der Waals surface area contributed by atoms with Crippen molar-refractivity contribution in [3.8, 4) is 12.3 Å². The Kier molecular flexibility index (Phi) is 6.11. The fraction of sp³-hybridized carbons (Fsp3) is 0.267. The first-order valence-corrected chi connectivity index (χ1v) is 6.21. The zero-order valence-corrected chi connectivity index (χ0v) is 11.6. The fourth-order valence-electron chi connectivity index (χ4n) is 1.78. The average Bonchev–Trinajstić information content (AvgIpc) is 2.38. The van der Waals surface area contributed by atoms with Gasteiger partial charge in [-0.3, -0.25) is 19.3 Å². The summed E-state index contributed by atoms with van der Waals surface area (Å²) in [4.78, 5) is 35.4. The number of Topliss-reactive ketones (excluding diaryl/α,β-unsaturated/α-hetero) is 1. The molecule has 110 valence electrons. The van der Waals surface area contributed by atoms with Gasteiger partial charge >= 0.3 is 5.97 Å². The van der Waals surface area contributed by atoms with E-state index in [2.05, 4.69) is 11.2 Å². The van der Waals surface area contributed by atoms with Crippen LogP contribution in [0.5, 0.6) is 0 Å². The van der Waals surface area contributed by atoms with E-state index in [4.69, 9.17) is 11.5 Å². The van der Waals surface area contributed by atoms with Gasteiger partial charge in [0.15, 0.2) is 5.78 Å². The first-order valence-electron chi connectivity index (χ1n) is 6.21. The van der Waals surface area contributed by atoms with Crippen molar-refractivity contribution in [1.82, 2.24) is 4.90 Å². The van der Waals surface area contributed by atoms with E-state index >= 15 is 0 Å². The van der Waals surface area contributed by atoms with Gasteiger partial charge in [-0.05, 0) is 19.1 Å². The average molecular weight is 288 g/mol. The Labute approximate surface area is 122 Å². The lowest BCUT2D eigenvalue weighted by atomic mass is 10.1. The van der Waals surface area contributed by atoms with Gasteiger partial charge in [-0.2, -0.15) is 0 Å². The van der Waals surface area contributed by atoms with Crippen LogP contribution in [0.1, 0.15) is 17.3 Å². The number of aliphatic carboxylic acids is 1. The highest BCUT2D eigenvalue weighted by Crippen LogP contribution is 2.15. The number of rotatable bonds is 7. The SMILES string of the molecule is C#CCN(CC(=O)O)CC(=O)Nc1ccccc1C(C)=O. The molecule has 0 saturated carbocycles. The maximum absolute atomic E-state index is 11.9. The molecule has 0 aliphatic carbocycles. The molecule has 0 saturated heterocycles. The summed E-state index contributed by atoms with van der Waals surface area (Å²) in [6.07, 6.45) is 5.14. The molecule has 6 nitrogen and oxygen atoms in total. The molecule has 1 amide bonds. The van der Waals surface area contributed by atoms with Crippen molar-refractivity contribution in [3.05, 3.63) is 29.8 Å². The number of para-hydroxylation sites is 1. The van der Waals surface area contributed by atoms with Crippen molar-refractivity contribution in [2.45, 2.75) is 6.92 Å². The number of nitrogens with one attached hydrogen (secondary N) is 1. The van der Waals surface area contributed by atoms with E-state index in [1.807, 2.05) is 0 Å². The summed E-state index contributed by atoms with van der Waals surface area (Å²) in [5, 5.41) is 11.3. The minimum Gasteiger partial charge on any atom is -0.480 e. The molecule has 0 aromatic heterocycles. The Morgan fingerprint density at radius 2 is 1.95 bits per heavy atom. The second-order valence-electron chi connectivity index (χ2n) is 4.39. The molecule has 0 unspecified atom stereocenters. The van der Waals surface area contributed by atoms with Gasteiger partial charge in [-0.15, -0.1) is 6.42 Å². The summed E-state index contributed by atoms with van der Waals surface area (Å²) in [7, 11) is 0. The van der Waals surface area contributed by atoms with Crippen LogP contribution in [0.15, 0.2) is 24.3 Å². The molecule has 0 radical (unpaired) electrons. The Bertz CT molecular complexity index is 590. The van der Waals surface area contributed by atoms with Crippen LogP contribution in [0.3, 0.4) is 0 Å². The minimum absolute atomic E-state index is 0.0497. The summed E-state index contributed by atoms with van der Waals surface area (Å²) < 4.78 is 0. The molecule has 0 bridgehead atoms. The third kappa shape index (κ3) is 5.47. The van der Waals surface area contributed by atoms with Crippen molar-refractivity contribution in [2.24, 2.45) is 0 Å².